The molecule has 19 heavy (non-hydrogen) atoms. The second kappa shape index (κ2) is 10.0. The van der Waals surface area contributed by atoms with Gasteiger partial charge in [-0.25, -0.2) is 0 Å². The van der Waals surface area contributed by atoms with Crippen molar-refractivity contribution in [1.82, 2.24) is 5.32 Å². The van der Waals surface area contributed by atoms with Crippen molar-refractivity contribution in [2.45, 2.75) is 45.4 Å². The maximum atomic E-state index is 5.83. The van der Waals surface area contributed by atoms with E-state index in [0.717, 1.165) is 17.3 Å². The third kappa shape index (κ3) is 8.06. The van der Waals surface area contributed by atoms with Gasteiger partial charge in [0.1, 0.15) is 0 Å². The largest absolute Gasteiger partial charge is 0.362 e. The Morgan fingerprint density at radius 3 is 2.37 bits per heavy atom. The van der Waals surface area contributed by atoms with E-state index >= 15 is 0 Å². The van der Waals surface area contributed by atoms with Gasteiger partial charge in [0.15, 0.2) is 5.11 Å². The second-order valence-electron chi connectivity index (χ2n) is 4.66. The predicted molar refractivity (Wildman–Crippen MR) is 89.1 cm³/mol. The Bertz CT molecular complexity index is 365. The van der Waals surface area contributed by atoms with Crippen LogP contribution in [0.15, 0.2) is 24.3 Å². The molecule has 0 aliphatic carbocycles. The van der Waals surface area contributed by atoms with Crippen molar-refractivity contribution in [2.24, 2.45) is 0 Å². The lowest BCUT2D eigenvalue weighted by atomic mass is 10.1. The summed E-state index contributed by atoms with van der Waals surface area (Å²) in [4.78, 5) is 0. The summed E-state index contributed by atoms with van der Waals surface area (Å²) in [6.45, 7) is 3.17. The van der Waals surface area contributed by atoms with Gasteiger partial charge in [-0.1, -0.05) is 50.6 Å². The maximum Gasteiger partial charge on any atom is 0.170 e. The number of anilines is 1. The van der Waals surface area contributed by atoms with Crippen LogP contribution in [0.4, 0.5) is 5.69 Å². The number of rotatable bonds is 8. The molecule has 0 amide bonds. The van der Waals surface area contributed by atoms with Gasteiger partial charge >= 0.3 is 0 Å². The maximum absolute atomic E-state index is 5.83. The van der Waals surface area contributed by atoms with E-state index in [1.54, 1.807) is 0 Å². The molecule has 2 nitrogen and oxygen atoms in total. The number of hydrogen-bond acceptors (Lipinski definition) is 1. The van der Waals surface area contributed by atoms with Crippen molar-refractivity contribution in [3.05, 3.63) is 29.3 Å². The molecule has 0 radical (unpaired) electrons. The van der Waals surface area contributed by atoms with Crippen LogP contribution in [0.1, 0.15) is 45.4 Å². The molecule has 0 bridgehead atoms. The number of hydrogen-bond donors (Lipinski definition) is 2. The zero-order valence-electron chi connectivity index (χ0n) is 11.5. The molecule has 0 aliphatic heterocycles. The van der Waals surface area contributed by atoms with E-state index in [2.05, 4.69) is 17.6 Å². The first-order chi connectivity index (χ1) is 9.22. The van der Waals surface area contributed by atoms with E-state index in [9.17, 15) is 0 Å². The Morgan fingerprint density at radius 1 is 1.05 bits per heavy atom. The van der Waals surface area contributed by atoms with Gasteiger partial charge in [0.25, 0.3) is 0 Å². The number of benzene rings is 1. The van der Waals surface area contributed by atoms with Crippen LogP contribution in [0.3, 0.4) is 0 Å². The number of thiocarbonyl (C=S) groups is 1. The van der Waals surface area contributed by atoms with Gasteiger partial charge in [0.05, 0.1) is 0 Å². The molecule has 0 atom stereocenters. The third-order valence-corrected chi connectivity index (χ3v) is 3.42. The fourth-order valence-electron chi connectivity index (χ4n) is 1.82. The van der Waals surface area contributed by atoms with Gasteiger partial charge < -0.3 is 10.6 Å². The number of nitrogens with one attached hydrogen (secondary N) is 2. The number of halogens is 1. The van der Waals surface area contributed by atoms with Crippen molar-refractivity contribution in [1.29, 1.82) is 0 Å². The van der Waals surface area contributed by atoms with Crippen LogP contribution in [-0.2, 0) is 0 Å². The number of unbranched alkanes of at least 4 members (excludes halogenated alkanes) is 5. The summed E-state index contributed by atoms with van der Waals surface area (Å²) in [5.74, 6) is 0. The van der Waals surface area contributed by atoms with E-state index in [1.807, 2.05) is 24.3 Å². The van der Waals surface area contributed by atoms with Gasteiger partial charge in [0, 0.05) is 17.3 Å². The summed E-state index contributed by atoms with van der Waals surface area (Å²) in [6.07, 6.45) is 7.77. The third-order valence-electron chi connectivity index (χ3n) is 2.92. The molecule has 0 unspecified atom stereocenters. The summed E-state index contributed by atoms with van der Waals surface area (Å²) >= 11 is 11.1. The summed E-state index contributed by atoms with van der Waals surface area (Å²) in [6, 6.07) is 7.53. The van der Waals surface area contributed by atoms with E-state index < -0.39 is 0 Å². The molecule has 1 rings (SSSR count). The summed E-state index contributed by atoms with van der Waals surface area (Å²) in [5.41, 5.74) is 0.963. The monoisotopic (exact) mass is 298 g/mol. The summed E-state index contributed by atoms with van der Waals surface area (Å²) in [5, 5.41) is 7.78. The van der Waals surface area contributed by atoms with E-state index in [1.165, 1.54) is 38.5 Å². The minimum absolute atomic E-state index is 0.677. The minimum atomic E-state index is 0.677. The highest BCUT2D eigenvalue weighted by atomic mass is 35.5. The SMILES string of the molecule is CCCCCCCCNC(=S)Nc1ccc(Cl)cc1. The highest BCUT2D eigenvalue weighted by Crippen LogP contribution is 2.13. The lowest BCUT2D eigenvalue weighted by Crippen LogP contribution is -2.29. The molecule has 4 heteroatoms. The van der Waals surface area contributed by atoms with Crippen LogP contribution in [0.5, 0.6) is 0 Å². The highest BCUT2D eigenvalue weighted by Gasteiger charge is 1.97. The molecule has 0 aliphatic rings. The topological polar surface area (TPSA) is 24.1 Å². The Balaban J connectivity index is 2.06. The normalized spacial score (nSPS) is 10.2. The van der Waals surface area contributed by atoms with Crippen LogP contribution in [0.2, 0.25) is 5.02 Å². The zero-order valence-corrected chi connectivity index (χ0v) is 13.1. The molecule has 1 aromatic rings. The molecule has 1 aromatic carbocycles. The Hall–Kier alpha value is -0.800. The Kier molecular flexibility index (Phi) is 8.59. The molecule has 106 valence electrons. The van der Waals surface area contributed by atoms with Gasteiger partial charge in [-0.05, 0) is 42.9 Å². The Morgan fingerprint density at radius 2 is 1.68 bits per heavy atom. The minimum Gasteiger partial charge on any atom is -0.362 e. The Labute approximate surface area is 126 Å². The standard InChI is InChI=1S/C15H23ClN2S/c1-2-3-4-5-6-7-12-17-15(19)18-14-10-8-13(16)9-11-14/h8-11H,2-7,12H2,1H3,(H2,17,18,19). The molecule has 0 saturated carbocycles. The second-order valence-corrected chi connectivity index (χ2v) is 5.50. The van der Waals surface area contributed by atoms with Crippen LogP contribution < -0.4 is 10.6 Å². The predicted octanol–water partition coefficient (Wildman–Crippen LogP) is 4.99. The molecular weight excluding hydrogens is 276 g/mol. The fraction of sp³-hybridized carbons (Fsp3) is 0.533. The van der Waals surface area contributed by atoms with Crippen molar-refractivity contribution in [3.8, 4) is 0 Å². The van der Waals surface area contributed by atoms with Gasteiger partial charge in [0.2, 0.25) is 0 Å². The average molecular weight is 299 g/mol. The first kappa shape index (κ1) is 16.3. The van der Waals surface area contributed by atoms with Crippen molar-refractivity contribution < 1.29 is 0 Å². The van der Waals surface area contributed by atoms with E-state index in [0.29, 0.717) is 5.11 Å². The van der Waals surface area contributed by atoms with Crippen LogP contribution in [0.25, 0.3) is 0 Å². The highest BCUT2D eigenvalue weighted by molar-refractivity contribution is 7.80. The van der Waals surface area contributed by atoms with E-state index in [4.69, 9.17) is 23.8 Å². The van der Waals surface area contributed by atoms with Crippen LogP contribution in [0, 0.1) is 0 Å². The van der Waals surface area contributed by atoms with Gasteiger partial charge in [-0.2, -0.15) is 0 Å². The first-order valence-electron chi connectivity index (χ1n) is 7.03. The zero-order chi connectivity index (χ0) is 13.9. The lowest BCUT2D eigenvalue weighted by molar-refractivity contribution is 0.603. The fourth-order valence-corrected chi connectivity index (χ4v) is 2.16. The molecule has 2 N–H and O–H groups in total. The molecule has 0 spiro atoms. The molecule has 0 saturated heterocycles. The average Bonchev–Trinajstić information content (AvgIpc) is 2.40. The molecule has 0 heterocycles. The van der Waals surface area contributed by atoms with Gasteiger partial charge in [-0.3, -0.25) is 0 Å². The van der Waals surface area contributed by atoms with Crippen molar-refractivity contribution >= 4 is 34.6 Å². The first-order valence-corrected chi connectivity index (χ1v) is 7.81. The quantitative estimate of drug-likeness (QED) is 0.522. The molecule has 0 fully saturated rings. The van der Waals surface area contributed by atoms with Crippen LogP contribution in [-0.4, -0.2) is 11.7 Å². The summed E-state index contributed by atoms with van der Waals surface area (Å²) < 4.78 is 0. The van der Waals surface area contributed by atoms with Crippen molar-refractivity contribution in [3.63, 3.8) is 0 Å². The summed E-state index contributed by atoms with van der Waals surface area (Å²) in [7, 11) is 0. The van der Waals surface area contributed by atoms with Gasteiger partial charge in [-0.15, -0.1) is 0 Å². The van der Waals surface area contributed by atoms with Crippen molar-refractivity contribution in [2.75, 3.05) is 11.9 Å². The lowest BCUT2D eigenvalue weighted by Gasteiger charge is -2.10. The molecular formula is C15H23ClN2S. The van der Waals surface area contributed by atoms with E-state index in [-0.39, 0.29) is 0 Å². The van der Waals surface area contributed by atoms with Crippen LogP contribution >= 0.6 is 23.8 Å². The smallest absolute Gasteiger partial charge is 0.170 e. The molecule has 0 aromatic heterocycles.